The lowest BCUT2D eigenvalue weighted by molar-refractivity contribution is -0.145. The van der Waals surface area contributed by atoms with Crippen LogP contribution in [0, 0.1) is 5.92 Å². The van der Waals surface area contributed by atoms with Crippen LogP contribution in [0.25, 0.3) is 0 Å². The fourth-order valence-electron chi connectivity index (χ4n) is 1.89. The first kappa shape index (κ1) is 14.0. The Balaban J connectivity index is 2.26. The fourth-order valence-corrected chi connectivity index (χ4v) is 1.89. The summed E-state index contributed by atoms with van der Waals surface area (Å²) < 4.78 is 10.0. The molecule has 0 aliphatic carbocycles. The van der Waals surface area contributed by atoms with E-state index in [9.17, 15) is 9.59 Å². The smallest absolute Gasteiger partial charge is 0.310 e. The highest BCUT2D eigenvalue weighted by Gasteiger charge is 2.34. The highest BCUT2D eigenvalue weighted by Crippen LogP contribution is 2.19. The molecule has 1 atom stereocenters. The first-order valence-electron chi connectivity index (χ1n) is 6.01. The summed E-state index contributed by atoms with van der Waals surface area (Å²) in [6.45, 7) is 5.74. The van der Waals surface area contributed by atoms with Gasteiger partial charge >= 0.3 is 5.97 Å². The summed E-state index contributed by atoms with van der Waals surface area (Å²) in [7, 11) is 1.35. The minimum absolute atomic E-state index is 0.0324. The zero-order chi connectivity index (χ0) is 12.8. The van der Waals surface area contributed by atoms with Crippen LogP contribution in [0.15, 0.2) is 0 Å². The highest BCUT2D eigenvalue weighted by molar-refractivity contribution is 5.86. The van der Waals surface area contributed by atoms with E-state index >= 15 is 0 Å². The minimum atomic E-state index is -0.293. The van der Waals surface area contributed by atoms with Gasteiger partial charge in [-0.05, 0) is 20.3 Å². The van der Waals surface area contributed by atoms with Crippen molar-refractivity contribution in [2.24, 2.45) is 5.92 Å². The predicted molar refractivity (Wildman–Crippen MR) is 62.4 cm³/mol. The Kier molecular flexibility index (Phi) is 5.41. The summed E-state index contributed by atoms with van der Waals surface area (Å²) in [5.74, 6) is -0.553. The van der Waals surface area contributed by atoms with Crippen molar-refractivity contribution in [2.75, 3.05) is 26.8 Å². The van der Waals surface area contributed by atoms with Gasteiger partial charge < -0.3 is 14.4 Å². The van der Waals surface area contributed by atoms with Gasteiger partial charge in [-0.2, -0.15) is 0 Å². The molecule has 0 aromatic carbocycles. The normalized spacial score (nSPS) is 20.1. The maximum atomic E-state index is 11.6. The molecule has 5 heteroatoms. The standard InChI is InChI=1S/C12H21NO4/c1-9(2)17-6-4-5-13-8-10(7-11(13)14)12(15)16-3/h9-10H,4-8H2,1-3H3. The van der Waals surface area contributed by atoms with Crippen LogP contribution in [0.2, 0.25) is 0 Å². The van der Waals surface area contributed by atoms with Crippen LogP contribution in [0.3, 0.4) is 0 Å². The van der Waals surface area contributed by atoms with E-state index in [2.05, 4.69) is 4.74 Å². The van der Waals surface area contributed by atoms with E-state index in [1.165, 1.54) is 7.11 Å². The molecule has 1 unspecified atom stereocenters. The van der Waals surface area contributed by atoms with Gasteiger partial charge in [0.2, 0.25) is 5.91 Å². The number of carbonyl (C=O) groups is 2. The maximum absolute atomic E-state index is 11.6. The van der Waals surface area contributed by atoms with Gasteiger partial charge in [0, 0.05) is 26.1 Å². The van der Waals surface area contributed by atoms with E-state index in [1.54, 1.807) is 4.90 Å². The average Bonchev–Trinajstić information content (AvgIpc) is 2.65. The lowest BCUT2D eigenvalue weighted by atomic mass is 10.1. The number of ether oxygens (including phenoxy) is 2. The van der Waals surface area contributed by atoms with Gasteiger partial charge in [0.25, 0.3) is 0 Å². The molecule has 0 radical (unpaired) electrons. The van der Waals surface area contributed by atoms with Crippen molar-refractivity contribution in [3.8, 4) is 0 Å². The molecule has 0 aromatic heterocycles. The molecule has 1 saturated heterocycles. The topological polar surface area (TPSA) is 55.8 Å². The zero-order valence-electron chi connectivity index (χ0n) is 10.8. The number of carbonyl (C=O) groups excluding carboxylic acids is 2. The number of esters is 1. The number of amides is 1. The summed E-state index contributed by atoms with van der Waals surface area (Å²) in [6.07, 6.45) is 1.29. The molecule has 0 spiro atoms. The van der Waals surface area contributed by atoms with Gasteiger partial charge in [-0.15, -0.1) is 0 Å². The molecule has 0 saturated carbocycles. The molecule has 0 aromatic rings. The summed E-state index contributed by atoms with van der Waals surface area (Å²) in [5, 5.41) is 0. The van der Waals surface area contributed by atoms with Crippen LogP contribution in [0.1, 0.15) is 26.7 Å². The van der Waals surface area contributed by atoms with E-state index in [-0.39, 0.29) is 30.3 Å². The molecule has 1 fully saturated rings. The van der Waals surface area contributed by atoms with Crippen molar-refractivity contribution < 1.29 is 19.1 Å². The van der Waals surface area contributed by atoms with Gasteiger partial charge in [-0.1, -0.05) is 0 Å². The number of hydrogen-bond donors (Lipinski definition) is 0. The van der Waals surface area contributed by atoms with Crippen molar-refractivity contribution in [2.45, 2.75) is 32.8 Å². The molecule has 0 N–H and O–H groups in total. The van der Waals surface area contributed by atoms with Crippen LogP contribution in [0.4, 0.5) is 0 Å². The van der Waals surface area contributed by atoms with E-state index in [0.29, 0.717) is 19.7 Å². The van der Waals surface area contributed by atoms with E-state index in [1.807, 2.05) is 13.8 Å². The van der Waals surface area contributed by atoms with E-state index in [4.69, 9.17) is 4.74 Å². The summed E-state index contributed by atoms with van der Waals surface area (Å²) in [4.78, 5) is 24.6. The highest BCUT2D eigenvalue weighted by atomic mass is 16.5. The zero-order valence-corrected chi connectivity index (χ0v) is 10.8. The second kappa shape index (κ2) is 6.59. The third-order valence-corrected chi connectivity index (χ3v) is 2.77. The molecule has 5 nitrogen and oxygen atoms in total. The molecule has 1 aliphatic heterocycles. The van der Waals surface area contributed by atoms with Gasteiger partial charge in [0.05, 0.1) is 19.1 Å². The minimum Gasteiger partial charge on any atom is -0.469 e. The van der Waals surface area contributed by atoms with Gasteiger partial charge in [-0.3, -0.25) is 9.59 Å². The molecule has 1 heterocycles. The SMILES string of the molecule is COC(=O)C1CC(=O)N(CCCOC(C)C)C1. The van der Waals surface area contributed by atoms with Crippen LogP contribution in [-0.4, -0.2) is 49.7 Å². The first-order valence-corrected chi connectivity index (χ1v) is 6.01. The van der Waals surface area contributed by atoms with Crippen molar-refractivity contribution in [1.29, 1.82) is 0 Å². The Hall–Kier alpha value is -1.10. The fraction of sp³-hybridized carbons (Fsp3) is 0.833. The predicted octanol–water partition coefficient (Wildman–Crippen LogP) is 0.823. The molecule has 0 bridgehead atoms. The average molecular weight is 243 g/mol. The Morgan fingerprint density at radius 3 is 2.82 bits per heavy atom. The van der Waals surface area contributed by atoms with Crippen LogP contribution >= 0.6 is 0 Å². The molecule has 1 amide bonds. The molecule has 1 rings (SSSR count). The largest absolute Gasteiger partial charge is 0.469 e. The van der Waals surface area contributed by atoms with Gasteiger partial charge in [-0.25, -0.2) is 0 Å². The van der Waals surface area contributed by atoms with Crippen LogP contribution < -0.4 is 0 Å². The van der Waals surface area contributed by atoms with Crippen molar-refractivity contribution in [1.82, 2.24) is 4.90 Å². The van der Waals surface area contributed by atoms with Crippen LogP contribution in [-0.2, 0) is 19.1 Å². The number of methoxy groups -OCH3 is 1. The number of nitrogens with zero attached hydrogens (tertiary/aromatic N) is 1. The molecule has 98 valence electrons. The first-order chi connectivity index (χ1) is 8.04. The third kappa shape index (κ3) is 4.34. The lowest BCUT2D eigenvalue weighted by Gasteiger charge is -2.16. The monoisotopic (exact) mass is 243 g/mol. The lowest BCUT2D eigenvalue weighted by Crippen LogP contribution is -2.28. The summed E-state index contributed by atoms with van der Waals surface area (Å²) in [5.41, 5.74) is 0. The van der Waals surface area contributed by atoms with Crippen LogP contribution in [0.5, 0.6) is 0 Å². The molecular weight excluding hydrogens is 222 g/mol. The second-order valence-corrected chi connectivity index (χ2v) is 4.54. The van der Waals surface area contributed by atoms with Gasteiger partial charge in [0.1, 0.15) is 0 Å². The Labute approximate surface area is 102 Å². The Morgan fingerprint density at radius 1 is 1.53 bits per heavy atom. The summed E-state index contributed by atoms with van der Waals surface area (Å²) in [6, 6.07) is 0. The third-order valence-electron chi connectivity index (χ3n) is 2.77. The van der Waals surface area contributed by atoms with Gasteiger partial charge in [0.15, 0.2) is 0 Å². The Morgan fingerprint density at radius 2 is 2.24 bits per heavy atom. The van der Waals surface area contributed by atoms with E-state index in [0.717, 1.165) is 6.42 Å². The maximum Gasteiger partial charge on any atom is 0.310 e. The number of likely N-dealkylation sites (tertiary alicyclic amines) is 1. The molecular formula is C12H21NO4. The molecule has 17 heavy (non-hydrogen) atoms. The molecule has 1 aliphatic rings. The van der Waals surface area contributed by atoms with Crippen molar-refractivity contribution >= 4 is 11.9 Å². The van der Waals surface area contributed by atoms with Crippen molar-refractivity contribution in [3.05, 3.63) is 0 Å². The van der Waals surface area contributed by atoms with Crippen molar-refractivity contribution in [3.63, 3.8) is 0 Å². The van der Waals surface area contributed by atoms with E-state index < -0.39 is 0 Å². The second-order valence-electron chi connectivity index (χ2n) is 4.54. The number of rotatable bonds is 6. The Bertz CT molecular complexity index is 278. The summed E-state index contributed by atoms with van der Waals surface area (Å²) >= 11 is 0. The quantitative estimate of drug-likeness (QED) is 0.512. The number of hydrogen-bond acceptors (Lipinski definition) is 4.